The molecule has 1 aliphatic rings. The number of aromatic amines is 1. The molecule has 0 radical (unpaired) electrons. The molecule has 0 amide bonds. The van der Waals surface area contributed by atoms with Crippen LogP contribution in [0.1, 0.15) is 30.7 Å². The Labute approximate surface area is 109 Å². The van der Waals surface area contributed by atoms with Gasteiger partial charge in [-0.1, -0.05) is 25.1 Å². The summed E-state index contributed by atoms with van der Waals surface area (Å²) < 4.78 is 1.68. The fraction of sp³-hybridized carbons (Fsp3) is 0.200. The first kappa shape index (κ1) is 10.6. The maximum atomic E-state index is 12.3. The molecule has 0 bridgehead atoms. The van der Waals surface area contributed by atoms with Crippen LogP contribution >= 0.6 is 0 Å². The van der Waals surface area contributed by atoms with E-state index >= 15 is 0 Å². The Morgan fingerprint density at radius 1 is 1.37 bits per heavy atom. The van der Waals surface area contributed by atoms with Crippen molar-refractivity contribution in [3.63, 3.8) is 0 Å². The van der Waals surface area contributed by atoms with Crippen molar-refractivity contribution in [1.29, 1.82) is 0 Å². The zero-order chi connectivity index (χ0) is 13.0. The number of nitrogens with zero attached hydrogens (tertiary/aromatic N) is 2. The minimum absolute atomic E-state index is 0.124. The van der Waals surface area contributed by atoms with Gasteiger partial charge in [0.05, 0.1) is 16.9 Å². The van der Waals surface area contributed by atoms with Crippen LogP contribution in [0.15, 0.2) is 35.1 Å². The van der Waals surface area contributed by atoms with E-state index in [0.717, 1.165) is 34.4 Å². The Balaban J connectivity index is 2.27. The predicted octanol–water partition coefficient (Wildman–Crippen LogP) is 2.70. The lowest BCUT2D eigenvalue weighted by atomic mass is 9.97. The van der Waals surface area contributed by atoms with Crippen LogP contribution in [0.2, 0.25) is 0 Å². The quantitative estimate of drug-likeness (QED) is 0.667. The first-order chi connectivity index (χ1) is 9.25. The third kappa shape index (κ3) is 1.34. The van der Waals surface area contributed by atoms with Crippen molar-refractivity contribution in [2.45, 2.75) is 19.3 Å². The molecule has 0 aliphatic heterocycles. The van der Waals surface area contributed by atoms with Gasteiger partial charge < -0.3 is 4.98 Å². The molecule has 1 N–H and O–H groups in total. The van der Waals surface area contributed by atoms with Crippen molar-refractivity contribution in [2.75, 3.05) is 0 Å². The summed E-state index contributed by atoms with van der Waals surface area (Å²) in [5.74, 6) is 0.359. The number of imidazole rings is 1. The molecule has 3 aromatic rings. The van der Waals surface area contributed by atoms with Crippen LogP contribution < -0.4 is 5.69 Å². The molecule has 0 saturated carbocycles. The molecule has 1 aromatic carbocycles. The van der Waals surface area contributed by atoms with Crippen molar-refractivity contribution in [2.24, 2.45) is 0 Å². The van der Waals surface area contributed by atoms with Gasteiger partial charge in [0.1, 0.15) is 0 Å². The van der Waals surface area contributed by atoms with E-state index in [1.165, 1.54) is 0 Å². The minimum Gasteiger partial charge on any atom is -0.306 e. The number of benzene rings is 1. The van der Waals surface area contributed by atoms with Crippen LogP contribution in [-0.4, -0.2) is 14.4 Å². The number of H-pyrrole nitrogens is 1. The largest absolute Gasteiger partial charge is 0.332 e. The van der Waals surface area contributed by atoms with E-state index in [-0.39, 0.29) is 5.69 Å². The number of nitrogens with one attached hydrogen (secondary N) is 1. The van der Waals surface area contributed by atoms with Gasteiger partial charge in [0.2, 0.25) is 0 Å². The van der Waals surface area contributed by atoms with Crippen LogP contribution in [0, 0.1) is 0 Å². The second-order valence-corrected chi connectivity index (χ2v) is 5.06. The highest BCUT2D eigenvalue weighted by Crippen LogP contribution is 2.30. The number of hydrogen-bond acceptors (Lipinski definition) is 2. The predicted molar refractivity (Wildman–Crippen MR) is 75.4 cm³/mol. The molecule has 4 rings (SSSR count). The lowest BCUT2D eigenvalue weighted by Crippen LogP contribution is -2.17. The fourth-order valence-corrected chi connectivity index (χ4v) is 2.81. The molecule has 1 aliphatic carbocycles. The van der Waals surface area contributed by atoms with Gasteiger partial charge in [0.25, 0.3) is 0 Å². The van der Waals surface area contributed by atoms with E-state index in [4.69, 9.17) is 4.98 Å². The molecule has 0 spiro atoms. The van der Waals surface area contributed by atoms with Crippen LogP contribution in [-0.2, 0) is 0 Å². The van der Waals surface area contributed by atoms with Crippen molar-refractivity contribution in [3.8, 4) is 0 Å². The van der Waals surface area contributed by atoms with Gasteiger partial charge in [-0.15, -0.1) is 0 Å². The Hall–Kier alpha value is -2.36. The van der Waals surface area contributed by atoms with Crippen LogP contribution in [0.25, 0.3) is 22.6 Å². The Morgan fingerprint density at radius 2 is 2.21 bits per heavy atom. The molecule has 2 aromatic heterocycles. The average molecular weight is 251 g/mol. The number of para-hydroxylation sites is 1. The SMILES string of the molecule is CC1CC=Cc2c1nc1c3ccccc3[nH]c(=O)n21. The molecule has 0 saturated heterocycles. The summed E-state index contributed by atoms with van der Waals surface area (Å²) in [7, 11) is 0. The van der Waals surface area contributed by atoms with Crippen LogP contribution in [0.3, 0.4) is 0 Å². The molecular formula is C15H13N3O. The van der Waals surface area contributed by atoms with Crippen molar-refractivity contribution >= 4 is 22.6 Å². The van der Waals surface area contributed by atoms with E-state index in [2.05, 4.69) is 18.0 Å². The van der Waals surface area contributed by atoms with Crippen LogP contribution in [0.4, 0.5) is 0 Å². The Bertz CT molecular complexity index is 885. The number of fused-ring (bicyclic) bond motifs is 5. The molecule has 1 unspecified atom stereocenters. The maximum Gasteiger partial charge on any atom is 0.332 e. The van der Waals surface area contributed by atoms with Crippen molar-refractivity contribution < 1.29 is 0 Å². The highest BCUT2D eigenvalue weighted by molar-refractivity contribution is 5.91. The summed E-state index contributed by atoms with van der Waals surface area (Å²) >= 11 is 0. The smallest absolute Gasteiger partial charge is 0.306 e. The zero-order valence-electron chi connectivity index (χ0n) is 10.6. The zero-order valence-corrected chi connectivity index (χ0v) is 10.6. The highest BCUT2D eigenvalue weighted by Gasteiger charge is 2.21. The molecule has 0 fully saturated rings. The lowest BCUT2D eigenvalue weighted by Gasteiger charge is -2.11. The third-order valence-corrected chi connectivity index (χ3v) is 3.79. The van der Waals surface area contributed by atoms with E-state index in [0.29, 0.717) is 5.92 Å². The lowest BCUT2D eigenvalue weighted by molar-refractivity contribution is 0.745. The third-order valence-electron chi connectivity index (χ3n) is 3.79. The number of allylic oxidation sites excluding steroid dienone is 1. The molecule has 2 heterocycles. The van der Waals surface area contributed by atoms with Crippen LogP contribution in [0.5, 0.6) is 0 Å². The summed E-state index contributed by atoms with van der Waals surface area (Å²) in [6, 6.07) is 7.78. The van der Waals surface area contributed by atoms with Crippen molar-refractivity contribution in [1.82, 2.24) is 14.4 Å². The van der Waals surface area contributed by atoms with Gasteiger partial charge in [-0.25, -0.2) is 14.2 Å². The van der Waals surface area contributed by atoms with Crippen molar-refractivity contribution in [3.05, 3.63) is 52.2 Å². The van der Waals surface area contributed by atoms with Gasteiger partial charge in [-0.3, -0.25) is 0 Å². The Morgan fingerprint density at radius 3 is 3.11 bits per heavy atom. The molecule has 1 atom stereocenters. The van der Waals surface area contributed by atoms with Gasteiger partial charge in [0, 0.05) is 11.3 Å². The summed E-state index contributed by atoms with van der Waals surface area (Å²) in [6.07, 6.45) is 5.09. The van der Waals surface area contributed by atoms with Gasteiger partial charge in [-0.05, 0) is 24.6 Å². The van der Waals surface area contributed by atoms with E-state index in [1.54, 1.807) is 4.40 Å². The number of rotatable bonds is 0. The second-order valence-electron chi connectivity index (χ2n) is 5.06. The van der Waals surface area contributed by atoms with Gasteiger partial charge in [-0.2, -0.15) is 0 Å². The number of aromatic nitrogens is 3. The first-order valence-electron chi connectivity index (χ1n) is 6.45. The second kappa shape index (κ2) is 3.57. The maximum absolute atomic E-state index is 12.3. The molecular weight excluding hydrogens is 238 g/mol. The van der Waals surface area contributed by atoms with E-state index < -0.39 is 0 Å². The normalized spacial score (nSPS) is 18.1. The topological polar surface area (TPSA) is 50.2 Å². The summed E-state index contributed by atoms with van der Waals surface area (Å²) in [4.78, 5) is 19.9. The molecule has 94 valence electrons. The summed E-state index contributed by atoms with van der Waals surface area (Å²) in [6.45, 7) is 2.14. The molecule has 19 heavy (non-hydrogen) atoms. The first-order valence-corrected chi connectivity index (χ1v) is 6.45. The molecule has 4 nitrogen and oxygen atoms in total. The van der Waals surface area contributed by atoms with E-state index in [1.807, 2.05) is 30.3 Å². The summed E-state index contributed by atoms with van der Waals surface area (Å²) in [5, 5.41) is 0.983. The van der Waals surface area contributed by atoms with Gasteiger partial charge in [0.15, 0.2) is 5.65 Å². The minimum atomic E-state index is -0.124. The monoisotopic (exact) mass is 251 g/mol. The standard InChI is InChI=1S/C15H13N3O/c1-9-5-4-8-12-13(9)17-14-10-6-2-3-7-11(10)16-15(19)18(12)14/h2-4,6-9H,5H2,1H3,(H,16,19). The number of hydrogen-bond donors (Lipinski definition) is 1. The van der Waals surface area contributed by atoms with Gasteiger partial charge >= 0.3 is 5.69 Å². The average Bonchev–Trinajstić information content (AvgIpc) is 2.81. The van der Waals surface area contributed by atoms with E-state index in [9.17, 15) is 4.79 Å². The molecule has 4 heteroatoms. The Kier molecular flexibility index (Phi) is 1.98. The highest BCUT2D eigenvalue weighted by atomic mass is 16.1. The summed E-state index contributed by atoms with van der Waals surface area (Å²) in [5.41, 5.74) is 3.40. The fourth-order valence-electron chi connectivity index (χ4n) is 2.81.